The van der Waals surface area contributed by atoms with Crippen molar-refractivity contribution in [3.63, 3.8) is 0 Å². The number of carbonyl (C=O) groups is 1. The van der Waals surface area contributed by atoms with Gasteiger partial charge in [-0.25, -0.2) is 0 Å². The van der Waals surface area contributed by atoms with Gasteiger partial charge in [0.15, 0.2) is 0 Å². The second-order valence-corrected chi connectivity index (χ2v) is 3.12. The van der Waals surface area contributed by atoms with Gasteiger partial charge in [-0.2, -0.15) is 0 Å². The van der Waals surface area contributed by atoms with Gasteiger partial charge in [0.1, 0.15) is 5.78 Å². The molecule has 0 saturated carbocycles. The zero-order valence-corrected chi connectivity index (χ0v) is 8.31. The van der Waals surface area contributed by atoms with Gasteiger partial charge < -0.3 is 0 Å². The summed E-state index contributed by atoms with van der Waals surface area (Å²) in [5, 5.41) is 0. The number of ketones is 1. The van der Waals surface area contributed by atoms with Gasteiger partial charge in [0.2, 0.25) is 0 Å². The molecule has 1 heteroatoms. The van der Waals surface area contributed by atoms with E-state index in [4.69, 9.17) is 0 Å². The molecule has 0 amide bonds. The molecule has 0 saturated heterocycles. The number of allylic oxidation sites excluding steroid dienone is 2. The molecule has 0 unspecified atom stereocenters. The number of carbonyl (C=O) groups excluding carboxylic acids is 1. The Labute approximate surface area is 75.9 Å². The quantitative estimate of drug-likeness (QED) is 0.420. The van der Waals surface area contributed by atoms with Crippen LogP contribution in [0.2, 0.25) is 0 Å². The molecule has 70 valence electrons. The first-order valence-electron chi connectivity index (χ1n) is 4.94. The van der Waals surface area contributed by atoms with E-state index in [1.165, 1.54) is 19.3 Å². The van der Waals surface area contributed by atoms with Crippen LogP contribution in [0.3, 0.4) is 0 Å². The van der Waals surface area contributed by atoms with Gasteiger partial charge in [0.25, 0.3) is 0 Å². The van der Waals surface area contributed by atoms with Crippen molar-refractivity contribution in [2.24, 2.45) is 0 Å². The van der Waals surface area contributed by atoms with Gasteiger partial charge >= 0.3 is 0 Å². The highest BCUT2D eigenvalue weighted by Crippen LogP contribution is 2.04. The Hall–Kier alpha value is -0.590. The number of hydrogen-bond acceptors (Lipinski definition) is 1. The molecule has 0 aliphatic rings. The SMILES string of the molecule is CC=CCC(=O)CCCCCC. The predicted octanol–water partition coefficient (Wildman–Crippen LogP) is 3.49. The molecule has 0 atom stereocenters. The molecule has 0 rings (SSSR count). The van der Waals surface area contributed by atoms with Crippen molar-refractivity contribution >= 4 is 5.78 Å². The minimum atomic E-state index is 0.379. The van der Waals surface area contributed by atoms with Crippen molar-refractivity contribution < 1.29 is 4.79 Å². The molecular formula is C11H20O. The molecule has 0 aliphatic heterocycles. The zero-order chi connectivity index (χ0) is 9.23. The third-order valence-electron chi connectivity index (χ3n) is 1.89. The Balaban J connectivity index is 3.20. The third kappa shape index (κ3) is 7.52. The fraction of sp³-hybridized carbons (Fsp3) is 0.727. The third-order valence-corrected chi connectivity index (χ3v) is 1.89. The van der Waals surface area contributed by atoms with E-state index in [1.54, 1.807) is 0 Å². The molecule has 0 aromatic carbocycles. The molecule has 0 bridgehead atoms. The van der Waals surface area contributed by atoms with Crippen LogP contribution in [-0.4, -0.2) is 5.78 Å². The van der Waals surface area contributed by atoms with Crippen LogP contribution in [0.1, 0.15) is 52.4 Å². The Morgan fingerprint density at radius 3 is 2.58 bits per heavy atom. The van der Waals surface area contributed by atoms with Gasteiger partial charge in [-0.05, 0) is 13.3 Å². The molecule has 12 heavy (non-hydrogen) atoms. The summed E-state index contributed by atoms with van der Waals surface area (Å²) in [6.07, 6.45) is 10.0. The van der Waals surface area contributed by atoms with E-state index in [2.05, 4.69) is 6.92 Å². The summed E-state index contributed by atoms with van der Waals surface area (Å²) >= 11 is 0. The Kier molecular flexibility index (Phi) is 8.09. The molecule has 0 aromatic rings. The molecule has 0 heterocycles. The van der Waals surface area contributed by atoms with E-state index in [-0.39, 0.29) is 0 Å². The van der Waals surface area contributed by atoms with Gasteiger partial charge in [-0.1, -0.05) is 38.3 Å². The number of Topliss-reactive ketones (excluding diaryl/α,β-unsaturated/α-hetero) is 1. The van der Waals surface area contributed by atoms with Crippen molar-refractivity contribution in [1.29, 1.82) is 0 Å². The van der Waals surface area contributed by atoms with Crippen LogP contribution >= 0.6 is 0 Å². The van der Waals surface area contributed by atoms with E-state index in [9.17, 15) is 4.79 Å². The minimum Gasteiger partial charge on any atom is -0.299 e. The first-order valence-corrected chi connectivity index (χ1v) is 4.94. The van der Waals surface area contributed by atoms with Crippen molar-refractivity contribution in [3.05, 3.63) is 12.2 Å². The average Bonchev–Trinajstić information content (AvgIpc) is 2.09. The van der Waals surface area contributed by atoms with Crippen LogP contribution in [0, 0.1) is 0 Å². The van der Waals surface area contributed by atoms with Crippen LogP contribution in [0.5, 0.6) is 0 Å². The second-order valence-electron chi connectivity index (χ2n) is 3.12. The lowest BCUT2D eigenvalue weighted by Crippen LogP contribution is -1.94. The van der Waals surface area contributed by atoms with E-state index in [1.807, 2.05) is 19.1 Å². The molecular weight excluding hydrogens is 148 g/mol. The van der Waals surface area contributed by atoms with Crippen molar-refractivity contribution in [3.8, 4) is 0 Å². The monoisotopic (exact) mass is 168 g/mol. The molecule has 0 N–H and O–H groups in total. The second kappa shape index (κ2) is 8.51. The maximum atomic E-state index is 11.1. The summed E-state index contributed by atoms with van der Waals surface area (Å²) in [4.78, 5) is 11.1. The van der Waals surface area contributed by atoms with Gasteiger partial charge in [0, 0.05) is 12.8 Å². The van der Waals surface area contributed by atoms with E-state index < -0.39 is 0 Å². The van der Waals surface area contributed by atoms with Crippen molar-refractivity contribution in [1.82, 2.24) is 0 Å². The fourth-order valence-corrected chi connectivity index (χ4v) is 1.10. The maximum absolute atomic E-state index is 11.1. The lowest BCUT2D eigenvalue weighted by Gasteiger charge is -1.96. The Morgan fingerprint density at radius 1 is 1.25 bits per heavy atom. The van der Waals surface area contributed by atoms with Gasteiger partial charge in [-0.3, -0.25) is 4.79 Å². The van der Waals surface area contributed by atoms with Gasteiger partial charge in [-0.15, -0.1) is 0 Å². The molecule has 1 nitrogen and oxygen atoms in total. The smallest absolute Gasteiger partial charge is 0.136 e. The van der Waals surface area contributed by atoms with E-state index >= 15 is 0 Å². The standard InChI is InChI=1S/C11H20O/c1-3-5-7-8-10-11(12)9-6-4-2/h4,6H,3,5,7-10H2,1-2H3. The minimum absolute atomic E-state index is 0.379. The van der Waals surface area contributed by atoms with Crippen molar-refractivity contribution in [2.75, 3.05) is 0 Å². The number of rotatable bonds is 7. The van der Waals surface area contributed by atoms with Crippen LogP contribution in [-0.2, 0) is 4.79 Å². The molecule has 0 fully saturated rings. The molecule has 0 radical (unpaired) electrons. The topological polar surface area (TPSA) is 17.1 Å². The van der Waals surface area contributed by atoms with Crippen molar-refractivity contribution in [2.45, 2.75) is 52.4 Å². The van der Waals surface area contributed by atoms with Crippen LogP contribution in [0.15, 0.2) is 12.2 Å². The number of hydrogen-bond donors (Lipinski definition) is 0. The molecule has 0 aromatic heterocycles. The largest absolute Gasteiger partial charge is 0.299 e. The van der Waals surface area contributed by atoms with E-state index in [0.717, 1.165) is 12.8 Å². The lowest BCUT2D eigenvalue weighted by atomic mass is 10.1. The van der Waals surface area contributed by atoms with Crippen LogP contribution in [0.4, 0.5) is 0 Å². The number of unbranched alkanes of at least 4 members (excludes halogenated alkanes) is 3. The van der Waals surface area contributed by atoms with Crippen LogP contribution < -0.4 is 0 Å². The zero-order valence-electron chi connectivity index (χ0n) is 8.31. The summed E-state index contributed by atoms with van der Waals surface area (Å²) < 4.78 is 0. The van der Waals surface area contributed by atoms with Gasteiger partial charge in [0.05, 0.1) is 0 Å². The lowest BCUT2D eigenvalue weighted by molar-refractivity contribution is -0.118. The van der Waals surface area contributed by atoms with Crippen LogP contribution in [0.25, 0.3) is 0 Å². The normalized spacial score (nSPS) is 10.8. The fourth-order valence-electron chi connectivity index (χ4n) is 1.10. The highest BCUT2D eigenvalue weighted by molar-refractivity contribution is 5.79. The first kappa shape index (κ1) is 11.4. The first-order chi connectivity index (χ1) is 5.81. The summed E-state index contributed by atoms with van der Waals surface area (Å²) in [5.74, 6) is 0.379. The molecule has 0 spiro atoms. The molecule has 0 aliphatic carbocycles. The summed E-state index contributed by atoms with van der Waals surface area (Å²) in [5.41, 5.74) is 0. The summed E-state index contributed by atoms with van der Waals surface area (Å²) in [6.45, 7) is 4.13. The van der Waals surface area contributed by atoms with E-state index in [0.29, 0.717) is 12.2 Å². The highest BCUT2D eigenvalue weighted by Gasteiger charge is 1.97. The summed E-state index contributed by atoms with van der Waals surface area (Å²) in [6, 6.07) is 0. The predicted molar refractivity (Wildman–Crippen MR) is 53.2 cm³/mol. The Morgan fingerprint density at radius 2 is 2.00 bits per heavy atom. The Bertz CT molecular complexity index is 136. The summed E-state index contributed by atoms with van der Waals surface area (Å²) in [7, 11) is 0. The average molecular weight is 168 g/mol. The highest BCUT2D eigenvalue weighted by atomic mass is 16.1. The maximum Gasteiger partial charge on any atom is 0.136 e.